The molecule has 2 heteroatoms. The Hall–Kier alpha value is -1.02. The monoisotopic (exact) mass is 289 g/mol. The van der Waals surface area contributed by atoms with E-state index in [0.29, 0.717) is 6.04 Å². The molecule has 1 aromatic carbocycles. The van der Waals surface area contributed by atoms with Gasteiger partial charge in [0, 0.05) is 12.6 Å². The Labute approximate surface area is 130 Å². The molecule has 1 aromatic rings. The average molecular weight is 289 g/mol. The number of benzene rings is 1. The van der Waals surface area contributed by atoms with E-state index >= 15 is 0 Å². The lowest BCUT2D eigenvalue weighted by atomic mass is 9.99. The quantitative estimate of drug-likeness (QED) is 0.651. The molecule has 0 unspecified atom stereocenters. The molecule has 0 heterocycles. The van der Waals surface area contributed by atoms with Crippen LogP contribution in [-0.2, 0) is 6.54 Å². The zero-order chi connectivity index (χ0) is 14.9. The first-order valence-electron chi connectivity index (χ1n) is 8.74. The molecule has 0 radical (unpaired) electrons. The number of nitrogens with one attached hydrogen (secondary N) is 1. The molecule has 0 aromatic heterocycles. The van der Waals surface area contributed by atoms with Gasteiger partial charge in [0.05, 0.1) is 6.61 Å². The Balaban J connectivity index is 1.69. The molecular weight excluding hydrogens is 258 g/mol. The minimum Gasteiger partial charge on any atom is -0.494 e. The van der Waals surface area contributed by atoms with Crippen molar-refractivity contribution in [3.05, 3.63) is 29.8 Å². The van der Waals surface area contributed by atoms with Crippen LogP contribution in [0, 0.1) is 5.92 Å². The molecule has 0 saturated heterocycles. The van der Waals surface area contributed by atoms with Crippen molar-refractivity contribution in [2.75, 3.05) is 6.61 Å². The first-order chi connectivity index (χ1) is 10.3. The summed E-state index contributed by atoms with van der Waals surface area (Å²) in [6.45, 7) is 6.35. The van der Waals surface area contributed by atoms with Crippen LogP contribution in [0.2, 0.25) is 0 Å². The maximum Gasteiger partial charge on any atom is 0.119 e. The van der Waals surface area contributed by atoms with E-state index in [0.717, 1.165) is 31.2 Å². The largest absolute Gasteiger partial charge is 0.494 e. The van der Waals surface area contributed by atoms with E-state index in [-0.39, 0.29) is 0 Å². The molecule has 1 aliphatic rings. The fourth-order valence-electron chi connectivity index (χ4n) is 3.15. The van der Waals surface area contributed by atoms with Crippen molar-refractivity contribution >= 4 is 0 Å². The summed E-state index contributed by atoms with van der Waals surface area (Å²) in [5, 5.41) is 3.68. The van der Waals surface area contributed by atoms with E-state index in [1.807, 2.05) is 0 Å². The number of hydrogen-bond donors (Lipinski definition) is 1. The summed E-state index contributed by atoms with van der Waals surface area (Å²) in [4.78, 5) is 0. The Bertz CT molecular complexity index is 381. The third-order valence-corrected chi connectivity index (χ3v) is 4.68. The van der Waals surface area contributed by atoms with E-state index in [1.165, 1.54) is 44.1 Å². The molecule has 0 bridgehead atoms. The first kappa shape index (κ1) is 16.4. The van der Waals surface area contributed by atoms with Crippen LogP contribution in [0.5, 0.6) is 5.75 Å². The highest BCUT2D eigenvalue weighted by Crippen LogP contribution is 2.27. The Morgan fingerprint density at radius 2 is 1.86 bits per heavy atom. The molecule has 1 aliphatic carbocycles. The standard InChI is InChI=1S/C19H31NO/c1-3-4-7-14-21-19-12-10-17(11-13-19)15-20-16(2)18-8-5-6-9-18/h10-13,16,18,20H,3-9,14-15H2,1-2H3/t16-/m0/s1. The third-order valence-electron chi connectivity index (χ3n) is 4.68. The van der Waals surface area contributed by atoms with E-state index in [9.17, 15) is 0 Å². The Morgan fingerprint density at radius 3 is 2.52 bits per heavy atom. The number of ether oxygens (including phenoxy) is 1. The van der Waals surface area contributed by atoms with Gasteiger partial charge in [-0.05, 0) is 49.8 Å². The molecule has 0 amide bonds. The van der Waals surface area contributed by atoms with Crippen molar-refractivity contribution in [2.24, 2.45) is 5.92 Å². The summed E-state index contributed by atoms with van der Waals surface area (Å²) in [6.07, 6.45) is 9.28. The summed E-state index contributed by atoms with van der Waals surface area (Å²) in [6, 6.07) is 9.21. The summed E-state index contributed by atoms with van der Waals surface area (Å²) in [5.74, 6) is 1.88. The molecule has 0 aliphatic heterocycles. The molecule has 2 rings (SSSR count). The van der Waals surface area contributed by atoms with Gasteiger partial charge in [0.25, 0.3) is 0 Å². The Kier molecular flexibility index (Phi) is 7.08. The van der Waals surface area contributed by atoms with Gasteiger partial charge in [-0.1, -0.05) is 44.7 Å². The van der Waals surface area contributed by atoms with Crippen molar-refractivity contribution in [3.8, 4) is 5.75 Å². The van der Waals surface area contributed by atoms with Crippen LogP contribution < -0.4 is 10.1 Å². The highest BCUT2D eigenvalue weighted by molar-refractivity contribution is 5.27. The van der Waals surface area contributed by atoms with Crippen LogP contribution in [0.15, 0.2) is 24.3 Å². The van der Waals surface area contributed by atoms with Gasteiger partial charge in [0.2, 0.25) is 0 Å². The normalized spacial score (nSPS) is 17.0. The van der Waals surface area contributed by atoms with Crippen molar-refractivity contribution in [1.82, 2.24) is 5.32 Å². The summed E-state index contributed by atoms with van der Waals surface area (Å²) < 4.78 is 5.75. The first-order valence-corrected chi connectivity index (χ1v) is 8.74. The van der Waals surface area contributed by atoms with Gasteiger partial charge in [-0.25, -0.2) is 0 Å². The zero-order valence-electron chi connectivity index (χ0n) is 13.7. The summed E-state index contributed by atoms with van der Waals surface area (Å²) in [5.41, 5.74) is 1.35. The van der Waals surface area contributed by atoms with Crippen molar-refractivity contribution in [2.45, 2.75) is 71.4 Å². The molecule has 1 N–H and O–H groups in total. The Morgan fingerprint density at radius 1 is 1.14 bits per heavy atom. The number of hydrogen-bond acceptors (Lipinski definition) is 2. The van der Waals surface area contributed by atoms with Crippen molar-refractivity contribution < 1.29 is 4.74 Å². The molecular formula is C19H31NO. The smallest absolute Gasteiger partial charge is 0.119 e. The van der Waals surface area contributed by atoms with E-state index in [2.05, 4.69) is 43.4 Å². The summed E-state index contributed by atoms with van der Waals surface area (Å²) >= 11 is 0. The van der Waals surface area contributed by atoms with Crippen LogP contribution >= 0.6 is 0 Å². The fraction of sp³-hybridized carbons (Fsp3) is 0.684. The van der Waals surface area contributed by atoms with Crippen LogP contribution in [0.25, 0.3) is 0 Å². The van der Waals surface area contributed by atoms with E-state index in [1.54, 1.807) is 0 Å². The maximum atomic E-state index is 5.75. The molecule has 0 spiro atoms. The maximum absolute atomic E-state index is 5.75. The minimum absolute atomic E-state index is 0.637. The fourth-order valence-corrected chi connectivity index (χ4v) is 3.15. The van der Waals surface area contributed by atoms with Crippen molar-refractivity contribution in [1.29, 1.82) is 0 Å². The topological polar surface area (TPSA) is 21.3 Å². The molecule has 1 saturated carbocycles. The van der Waals surface area contributed by atoms with Gasteiger partial charge in [-0.15, -0.1) is 0 Å². The van der Waals surface area contributed by atoms with Gasteiger partial charge in [-0.3, -0.25) is 0 Å². The molecule has 21 heavy (non-hydrogen) atoms. The lowest BCUT2D eigenvalue weighted by molar-refractivity contribution is 0.306. The van der Waals surface area contributed by atoms with Gasteiger partial charge in [-0.2, -0.15) is 0 Å². The second-order valence-corrected chi connectivity index (χ2v) is 6.41. The van der Waals surface area contributed by atoms with Crippen LogP contribution in [0.4, 0.5) is 0 Å². The van der Waals surface area contributed by atoms with E-state index < -0.39 is 0 Å². The van der Waals surface area contributed by atoms with Crippen LogP contribution in [0.1, 0.15) is 64.4 Å². The zero-order valence-corrected chi connectivity index (χ0v) is 13.7. The predicted molar refractivity (Wildman–Crippen MR) is 89.7 cm³/mol. The van der Waals surface area contributed by atoms with Crippen molar-refractivity contribution in [3.63, 3.8) is 0 Å². The molecule has 1 atom stereocenters. The highest BCUT2D eigenvalue weighted by Gasteiger charge is 2.20. The minimum atomic E-state index is 0.637. The molecule has 1 fully saturated rings. The molecule has 118 valence electrons. The highest BCUT2D eigenvalue weighted by atomic mass is 16.5. The van der Waals surface area contributed by atoms with Gasteiger partial charge in [0.15, 0.2) is 0 Å². The summed E-state index contributed by atoms with van der Waals surface area (Å²) in [7, 11) is 0. The van der Waals surface area contributed by atoms with Crippen LogP contribution in [-0.4, -0.2) is 12.6 Å². The van der Waals surface area contributed by atoms with Gasteiger partial charge < -0.3 is 10.1 Å². The number of rotatable bonds is 9. The lowest BCUT2D eigenvalue weighted by Gasteiger charge is -2.20. The van der Waals surface area contributed by atoms with E-state index in [4.69, 9.17) is 4.74 Å². The SMILES string of the molecule is CCCCCOc1ccc(CN[C@@H](C)C2CCCC2)cc1. The second kappa shape index (κ2) is 9.09. The van der Waals surface area contributed by atoms with Crippen LogP contribution in [0.3, 0.4) is 0 Å². The van der Waals surface area contributed by atoms with Gasteiger partial charge >= 0.3 is 0 Å². The number of unbranched alkanes of at least 4 members (excludes halogenated alkanes) is 2. The average Bonchev–Trinajstić information content (AvgIpc) is 3.05. The second-order valence-electron chi connectivity index (χ2n) is 6.41. The predicted octanol–water partition coefficient (Wildman–Crippen LogP) is 4.92. The molecule has 2 nitrogen and oxygen atoms in total. The van der Waals surface area contributed by atoms with Gasteiger partial charge in [0.1, 0.15) is 5.75 Å². The lowest BCUT2D eigenvalue weighted by Crippen LogP contribution is -2.31. The third kappa shape index (κ3) is 5.70.